The Balaban J connectivity index is 1.29. The fourth-order valence-corrected chi connectivity index (χ4v) is 4.61. The molecule has 2 aromatic carbocycles. The molecule has 0 aliphatic carbocycles. The van der Waals surface area contributed by atoms with Crippen molar-refractivity contribution in [1.82, 2.24) is 4.90 Å². The van der Waals surface area contributed by atoms with E-state index >= 15 is 0 Å². The lowest BCUT2D eigenvalue weighted by atomic mass is 10.1. The molecule has 1 amide bonds. The summed E-state index contributed by atoms with van der Waals surface area (Å²) < 4.78 is 20.8. The van der Waals surface area contributed by atoms with Crippen molar-refractivity contribution >= 4 is 51.9 Å². The molecule has 10 heteroatoms. The third-order valence-electron chi connectivity index (χ3n) is 4.71. The summed E-state index contributed by atoms with van der Waals surface area (Å²) in [5, 5.41) is 9.51. The molecule has 0 atom stereocenters. The highest BCUT2D eigenvalue weighted by Crippen LogP contribution is 2.33. The third-order valence-corrected chi connectivity index (χ3v) is 6.17. The Morgan fingerprint density at radius 2 is 2.03 bits per heavy atom. The first-order chi connectivity index (χ1) is 15.1. The second-order valence-electron chi connectivity index (χ2n) is 6.66. The first-order valence-corrected chi connectivity index (χ1v) is 11.3. The Morgan fingerprint density at radius 3 is 2.84 bits per heavy atom. The van der Waals surface area contributed by atoms with Crippen LogP contribution in [-0.2, 0) is 11.4 Å². The largest absolute Gasteiger partial charge is 0.489 e. The van der Waals surface area contributed by atoms with E-state index in [0.717, 1.165) is 34.6 Å². The molecule has 1 N–H and O–H groups in total. The number of hydrogen-bond acceptors (Lipinski definition) is 8. The molecule has 0 unspecified atom stereocenters. The van der Waals surface area contributed by atoms with Gasteiger partial charge < -0.3 is 14.2 Å². The van der Waals surface area contributed by atoms with E-state index in [1.165, 1.54) is 11.8 Å². The van der Waals surface area contributed by atoms with Gasteiger partial charge in [-0.3, -0.25) is 10.2 Å². The van der Waals surface area contributed by atoms with Crippen LogP contribution in [0.2, 0.25) is 0 Å². The summed E-state index contributed by atoms with van der Waals surface area (Å²) in [4.78, 5) is 18.1. The first-order valence-electron chi connectivity index (χ1n) is 9.26. The average Bonchev–Trinajstić information content (AvgIpc) is 3.42. The maximum atomic E-state index is 12.4. The van der Waals surface area contributed by atoms with Crippen LogP contribution in [0.5, 0.6) is 17.2 Å². The number of hydrogen-bond donors (Lipinski definition) is 1. The van der Waals surface area contributed by atoms with Crippen LogP contribution in [-0.4, -0.2) is 40.0 Å². The fraction of sp³-hybridized carbons (Fsp3) is 0.143. The number of benzene rings is 2. The first kappa shape index (κ1) is 19.7. The predicted molar refractivity (Wildman–Crippen MR) is 122 cm³/mol. The topological polar surface area (TPSA) is 96.6 Å². The number of rotatable bonds is 4. The lowest BCUT2D eigenvalue weighted by Crippen LogP contribution is -2.41. The number of carbonyl (C=O) groups is 1. The Morgan fingerprint density at radius 1 is 1.23 bits per heavy atom. The van der Waals surface area contributed by atoms with Gasteiger partial charge in [0.05, 0.1) is 17.5 Å². The molecular formula is C21H16N4O4S2. The standard InChI is InChI=1S/C21H16N4O4S2/c1-30-21-24-31-20-23-19(26)15(18(22)25(20)21)8-12-2-5-14(6-3-12)27-10-13-4-7-16-17(9-13)29-11-28-16/h2-9,22H,10-11H2,1H3/b15-8-,22-18?. The molecule has 3 aliphatic heterocycles. The molecule has 2 aromatic rings. The summed E-state index contributed by atoms with van der Waals surface area (Å²) in [6.45, 7) is 0.631. The van der Waals surface area contributed by atoms with E-state index < -0.39 is 5.91 Å². The molecule has 0 radical (unpaired) electrons. The van der Waals surface area contributed by atoms with Crippen molar-refractivity contribution in [3.8, 4) is 17.2 Å². The molecule has 0 saturated carbocycles. The van der Waals surface area contributed by atoms with Gasteiger partial charge in [0.25, 0.3) is 5.91 Å². The second kappa shape index (κ2) is 8.12. The second-order valence-corrected chi connectivity index (χ2v) is 8.16. The number of thioether (sulfide) groups is 1. The number of ether oxygens (including phenoxy) is 3. The van der Waals surface area contributed by atoms with E-state index in [4.69, 9.17) is 19.6 Å². The Bertz CT molecular complexity index is 1170. The molecule has 5 rings (SSSR count). The van der Waals surface area contributed by atoms with Crippen LogP contribution < -0.4 is 14.2 Å². The molecular weight excluding hydrogens is 436 g/mol. The minimum absolute atomic E-state index is 0.0798. The van der Waals surface area contributed by atoms with Gasteiger partial charge in [-0.1, -0.05) is 30.0 Å². The van der Waals surface area contributed by atoms with Crippen LogP contribution >= 0.6 is 23.7 Å². The number of amides is 1. The van der Waals surface area contributed by atoms with E-state index in [2.05, 4.69) is 9.39 Å². The van der Waals surface area contributed by atoms with Gasteiger partial charge in [-0.25, -0.2) is 4.90 Å². The number of nitrogens with zero attached hydrogens (tertiary/aromatic N) is 3. The summed E-state index contributed by atoms with van der Waals surface area (Å²) in [7, 11) is 0. The summed E-state index contributed by atoms with van der Waals surface area (Å²) in [6.07, 6.45) is 3.53. The number of fused-ring (bicyclic) bond motifs is 2. The highest BCUT2D eigenvalue weighted by atomic mass is 32.2. The highest BCUT2D eigenvalue weighted by molar-refractivity contribution is 8.18. The van der Waals surface area contributed by atoms with Crippen molar-refractivity contribution in [1.29, 1.82) is 5.41 Å². The summed E-state index contributed by atoms with van der Waals surface area (Å²) >= 11 is 2.52. The lowest BCUT2D eigenvalue weighted by Gasteiger charge is -2.23. The van der Waals surface area contributed by atoms with E-state index in [1.54, 1.807) is 11.0 Å². The molecule has 0 aromatic heterocycles. The van der Waals surface area contributed by atoms with Crippen molar-refractivity contribution in [2.45, 2.75) is 6.61 Å². The van der Waals surface area contributed by atoms with Gasteiger partial charge in [-0.05, 0) is 47.7 Å². The SMILES string of the molecule is CSC1=NSC2=NC(=O)/C(=C\c3ccc(OCc4ccc5c(c4)OCO5)cc3)C(=N)N12. The Kier molecular flexibility index (Phi) is 5.16. The predicted octanol–water partition coefficient (Wildman–Crippen LogP) is 3.93. The van der Waals surface area contributed by atoms with Crippen molar-refractivity contribution in [3.63, 3.8) is 0 Å². The van der Waals surface area contributed by atoms with Crippen LogP contribution in [0.4, 0.5) is 0 Å². The Hall–Kier alpha value is -3.24. The maximum Gasteiger partial charge on any atom is 0.283 e. The Labute approximate surface area is 186 Å². The summed E-state index contributed by atoms with van der Waals surface area (Å²) in [5.74, 6) is 1.79. The van der Waals surface area contributed by atoms with Gasteiger partial charge in [0.1, 0.15) is 18.2 Å². The fourth-order valence-electron chi connectivity index (χ4n) is 3.16. The molecule has 0 fully saturated rings. The number of amidine groups is 3. The smallest absolute Gasteiger partial charge is 0.283 e. The van der Waals surface area contributed by atoms with Crippen molar-refractivity contribution in [3.05, 3.63) is 59.2 Å². The molecule has 3 heterocycles. The number of nitrogens with one attached hydrogen (secondary N) is 1. The molecule has 8 nitrogen and oxygen atoms in total. The molecule has 3 aliphatic rings. The zero-order chi connectivity index (χ0) is 21.4. The number of aliphatic imine (C=N–C) groups is 1. The lowest BCUT2D eigenvalue weighted by molar-refractivity contribution is -0.114. The molecule has 0 saturated heterocycles. The van der Waals surface area contributed by atoms with E-state index in [-0.39, 0.29) is 18.2 Å². The van der Waals surface area contributed by atoms with E-state index in [9.17, 15) is 4.79 Å². The minimum Gasteiger partial charge on any atom is -0.489 e. The summed E-state index contributed by atoms with van der Waals surface area (Å²) in [6, 6.07) is 13.0. The molecule has 156 valence electrons. The zero-order valence-electron chi connectivity index (χ0n) is 16.3. The normalized spacial score (nSPS) is 18.2. The van der Waals surface area contributed by atoms with Gasteiger partial charge in [-0.2, -0.15) is 9.39 Å². The molecule has 0 bridgehead atoms. The van der Waals surface area contributed by atoms with Crippen LogP contribution in [0, 0.1) is 5.41 Å². The third kappa shape index (κ3) is 3.79. The minimum atomic E-state index is -0.440. The van der Waals surface area contributed by atoms with Crippen molar-refractivity contribution < 1.29 is 19.0 Å². The van der Waals surface area contributed by atoms with Gasteiger partial charge in [0, 0.05) is 0 Å². The van der Waals surface area contributed by atoms with Gasteiger partial charge in [0.2, 0.25) is 12.0 Å². The zero-order valence-corrected chi connectivity index (χ0v) is 18.0. The monoisotopic (exact) mass is 452 g/mol. The van der Waals surface area contributed by atoms with E-state index in [0.29, 0.717) is 22.7 Å². The number of carbonyl (C=O) groups excluding carboxylic acids is 1. The highest BCUT2D eigenvalue weighted by Gasteiger charge is 2.36. The maximum absolute atomic E-state index is 12.4. The van der Waals surface area contributed by atoms with Crippen LogP contribution in [0.15, 0.2) is 57.4 Å². The van der Waals surface area contributed by atoms with Crippen molar-refractivity contribution in [2.75, 3.05) is 13.0 Å². The molecule has 31 heavy (non-hydrogen) atoms. The molecule has 0 spiro atoms. The van der Waals surface area contributed by atoms with Gasteiger partial charge in [0.15, 0.2) is 16.7 Å². The van der Waals surface area contributed by atoms with Crippen LogP contribution in [0.25, 0.3) is 6.08 Å². The van der Waals surface area contributed by atoms with Gasteiger partial charge in [-0.15, -0.1) is 0 Å². The average molecular weight is 453 g/mol. The van der Waals surface area contributed by atoms with Crippen LogP contribution in [0.3, 0.4) is 0 Å². The summed E-state index contributed by atoms with van der Waals surface area (Å²) in [5.41, 5.74) is 1.97. The quantitative estimate of drug-likeness (QED) is 0.554. The van der Waals surface area contributed by atoms with Crippen molar-refractivity contribution in [2.24, 2.45) is 9.39 Å². The van der Waals surface area contributed by atoms with Gasteiger partial charge >= 0.3 is 0 Å². The van der Waals surface area contributed by atoms with E-state index in [1.807, 2.05) is 48.7 Å². The van der Waals surface area contributed by atoms with Crippen LogP contribution in [0.1, 0.15) is 11.1 Å².